The molecule has 520 valence electrons. The lowest BCUT2D eigenvalue weighted by Crippen LogP contribution is -2.30. The standard InChI is InChI=1S/C73H122O16P2/c1-4-7-10-13-16-19-22-25-28-30-31-32-33-34-35-37-40-41-44-47-50-53-56-59-71(76)83-62-68(74)63-85-90(79,80)86-64-69(75)65-87-91(81,82)88-67-70(89-73(78)61-58-55-52-49-46-43-38-27-24-21-18-15-12-9-6-3)66-84-72(77)60-57-54-51-48-45-42-39-36-29-26-23-20-17-14-11-8-5-2/h7-8,10-11,16-21,25-29,31-32,34-35,38,40-41,68-70,74-75H,4-6,9,12-15,22-24,30,33,36-37,39,42-67H2,1-3H3,(H,79,80)(H,81,82)/b10-7-,11-8-,19-16-,20-17-,21-18-,28-25-,29-26-,32-31-,35-34-,38-27-,41-40-. The fraction of sp³-hybridized carbons (Fsp3) is 0.658. The monoisotopic (exact) mass is 1320 g/mol. The van der Waals surface area contributed by atoms with Crippen molar-refractivity contribution in [1.82, 2.24) is 0 Å². The molecule has 0 aliphatic rings. The average Bonchev–Trinajstić information content (AvgIpc) is 3.63. The molecule has 0 saturated carbocycles. The molecule has 5 atom stereocenters. The van der Waals surface area contributed by atoms with Crippen molar-refractivity contribution >= 4 is 33.6 Å². The minimum Gasteiger partial charge on any atom is -0.463 e. The number of phosphoric acid groups is 2. The summed E-state index contributed by atoms with van der Waals surface area (Å²) in [4.78, 5) is 58.4. The maximum atomic E-state index is 12.9. The van der Waals surface area contributed by atoms with E-state index in [1.807, 2.05) is 0 Å². The Morgan fingerprint density at radius 2 is 0.582 bits per heavy atom. The van der Waals surface area contributed by atoms with E-state index < -0.39 is 91.5 Å². The highest BCUT2D eigenvalue weighted by molar-refractivity contribution is 7.47. The van der Waals surface area contributed by atoms with Gasteiger partial charge in [-0.1, -0.05) is 231 Å². The van der Waals surface area contributed by atoms with Gasteiger partial charge in [0, 0.05) is 19.3 Å². The minimum absolute atomic E-state index is 0.0824. The molecule has 0 fully saturated rings. The van der Waals surface area contributed by atoms with Gasteiger partial charge in [0.05, 0.1) is 26.4 Å². The molecule has 0 aromatic rings. The van der Waals surface area contributed by atoms with Crippen molar-refractivity contribution in [2.45, 2.75) is 270 Å². The zero-order chi connectivity index (χ0) is 66.7. The fourth-order valence-corrected chi connectivity index (χ4v) is 10.2. The van der Waals surface area contributed by atoms with E-state index in [4.69, 9.17) is 32.3 Å². The summed E-state index contributed by atoms with van der Waals surface area (Å²) in [6.07, 6.45) is 76.4. The summed E-state index contributed by atoms with van der Waals surface area (Å²) >= 11 is 0. The van der Waals surface area contributed by atoms with Gasteiger partial charge in [0.1, 0.15) is 25.4 Å². The molecule has 0 aromatic heterocycles. The number of hydrogen-bond donors (Lipinski definition) is 4. The van der Waals surface area contributed by atoms with E-state index in [9.17, 15) is 43.5 Å². The summed E-state index contributed by atoms with van der Waals surface area (Å²) in [5, 5.41) is 20.6. The van der Waals surface area contributed by atoms with Gasteiger partial charge in [-0.2, -0.15) is 0 Å². The molecule has 91 heavy (non-hydrogen) atoms. The molecule has 16 nitrogen and oxygen atoms in total. The van der Waals surface area contributed by atoms with E-state index in [-0.39, 0.29) is 19.3 Å². The third kappa shape index (κ3) is 66.9. The van der Waals surface area contributed by atoms with Gasteiger partial charge in [0.2, 0.25) is 0 Å². The summed E-state index contributed by atoms with van der Waals surface area (Å²) in [7, 11) is -9.80. The Balaban J connectivity index is 4.68. The predicted octanol–water partition coefficient (Wildman–Crippen LogP) is 19.2. The molecule has 0 rings (SSSR count). The Labute approximate surface area is 550 Å². The van der Waals surface area contributed by atoms with Crippen LogP contribution in [0.25, 0.3) is 0 Å². The van der Waals surface area contributed by atoms with E-state index in [0.29, 0.717) is 19.3 Å². The van der Waals surface area contributed by atoms with Crippen LogP contribution in [0.4, 0.5) is 0 Å². The van der Waals surface area contributed by atoms with Gasteiger partial charge < -0.3 is 34.2 Å². The molecule has 5 unspecified atom stereocenters. The Morgan fingerprint density at radius 3 is 0.923 bits per heavy atom. The van der Waals surface area contributed by atoms with Crippen molar-refractivity contribution in [2.24, 2.45) is 0 Å². The van der Waals surface area contributed by atoms with E-state index >= 15 is 0 Å². The molecular weight excluding hydrogens is 1190 g/mol. The van der Waals surface area contributed by atoms with Crippen LogP contribution in [-0.2, 0) is 55.8 Å². The molecule has 18 heteroatoms. The predicted molar refractivity (Wildman–Crippen MR) is 371 cm³/mol. The number of aliphatic hydroxyl groups excluding tert-OH is 2. The van der Waals surface area contributed by atoms with Crippen molar-refractivity contribution < 1.29 is 75.8 Å². The molecule has 0 radical (unpaired) electrons. The molecular formula is C73H122O16P2. The highest BCUT2D eigenvalue weighted by Crippen LogP contribution is 2.45. The number of unbranched alkanes of at least 4 members (excludes halogenated alkanes) is 19. The Hall–Kier alpha value is -4.31. The molecule has 0 spiro atoms. The van der Waals surface area contributed by atoms with Gasteiger partial charge in [-0.3, -0.25) is 32.5 Å². The third-order valence-electron chi connectivity index (χ3n) is 13.8. The smallest absolute Gasteiger partial charge is 0.463 e. The van der Waals surface area contributed by atoms with Crippen LogP contribution in [-0.4, -0.2) is 95.9 Å². The second-order valence-corrected chi connectivity index (χ2v) is 25.5. The average molecular weight is 1320 g/mol. The van der Waals surface area contributed by atoms with E-state index in [2.05, 4.69) is 154 Å². The SMILES string of the molecule is CC/C=C\C/C=C\C/C=C\C/C=C\C/C=C\C/C=C\CCCCCCC(=O)OCC(O)COP(=O)(O)OCC(O)COP(=O)(O)OCC(COC(=O)CCCCCCCCC/C=C\C/C=C\C/C=C\CC)OC(=O)CCCCCCC/C=C\C/C=C\CCCCC. The van der Waals surface area contributed by atoms with Crippen LogP contribution in [0.15, 0.2) is 134 Å². The normalized spacial score (nSPS) is 15.0. The maximum Gasteiger partial charge on any atom is 0.472 e. The molecule has 0 aromatic carbocycles. The van der Waals surface area contributed by atoms with E-state index in [0.717, 1.165) is 173 Å². The van der Waals surface area contributed by atoms with Crippen molar-refractivity contribution in [1.29, 1.82) is 0 Å². The molecule has 0 aliphatic heterocycles. The number of aliphatic hydroxyl groups is 2. The van der Waals surface area contributed by atoms with Gasteiger partial charge in [-0.05, 0) is 135 Å². The zero-order valence-corrected chi connectivity index (χ0v) is 58.0. The summed E-state index contributed by atoms with van der Waals surface area (Å²) in [5.41, 5.74) is 0. The lowest BCUT2D eigenvalue weighted by molar-refractivity contribution is -0.161. The van der Waals surface area contributed by atoms with Crippen LogP contribution >= 0.6 is 15.6 Å². The van der Waals surface area contributed by atoms with Crippen molar-refractivity contribution in [3.8, 4) is 0 Å². The molecule has 0 saturated heterocycles. The van der Waals surface area contributed by atoms with Crippen molar-refractivity contribution in [3.05, 3.63) is 134 Å². The fourth-order valence-electron chi connectivity index (χ4n) is 8.62. The zero-order valence-electron chi connectivity index (χ0n) is 56.2. The third-order valence-corrected chi connectivity index (χ3v) is 15.7. The van der Waals surface area contributed by atoms with Gasteiger partial charge in [0.15, 0.2) is 6.10 Å². The molecule has 4 N–H and O–H groups in total. The second kappa shape index (κ2) is 65.7. The second-order valence-electron chi connectivity index (χ2n) is 22.6. The Bertz CT molecular complexity index is 2190. The first-order valence-corrected chi connectivity index (χ1v) is 37.5. The highest BCUT2D eigenvalue weighted by Gasteiger charge is 2.29. The summed E-state index contributed by atoms with van der Waals surface area (Å²) in [5.74, 6) is -1.63. The Kier molecular flexibility index (Phi) is 62.6. The first-order valence-electron chi connectivity index (χ1n) is 34.5. The first-order chi connectivity index (χ1) is 44.2. The molecule has 0 heterocycles. The van der Waals surface area contributed by atoms with Crippen LogP contribution < -0.4 is 0 Å². The largest absolute Gasteiger partial charge is 0.472 e. The number of rotatable bonds is 64. The number of ether oxygens (including phenoxy) is 3. The van der Waals surface area contributed by atoms with Crippen LogP contribution in [0, 0.1) is 0 Å². The van der Waals surface area contributed by atoms with Gasteiger partial charge >= 0.3 is 33.6 Å². The first kappa shape index (κ1) is 86.7. The number of allylic oxidation sites excluding steroid dienone is 22. The summed E-state index contributed by atoms with van der Waals surface area (Å²) in [6, 6.07) is 0. The van der Waals surface area contributed by atoms with Crippen molar-refractivity contribution in [2.75, 3.05) is 39.6 Å². The number of esters is 3. The number of phosphoric ester groups is 2. The Morgan fingerprint density at radius 1 is 0.319 bits per heavy atom. The summed E-state index contributed by atoms with van der Waals surface area (Å²) < 4.78 is 60.9. The highest BCUT2D eigenvalue weighted by atomic mass is 31.2. The maximum absolute atomic E-state index is 12.9. The van der Waals surface area contributed by atoms with E-state index in [1.54, 1.807) is 0 Å². The molecule has 0 amide bonds. The van der Waals surface area contributed by atoms with Gasteiger partial charge in [-0.15, -0.1) is 0 Å². The van der Waals surface area contributed by atoms with E-state index in [1.165, 1.54) is 19.3 Å². The van der Waals surface area contributed by atoms with Crippen LogP contribution in [0.2, 0.25) is 0 Å². The van der Waals surface area contributed by atoms with Crippen LogP contribution in [0.1, 0.15) is 252 Å². The minimum atomic E-state index is -4.94. The quantitative estimate of drug-likeness (QED) is 0.0146. The lowest BCUT2D eigenvalue weighted by Gasteiger charge is -2.21. The number of carbonyl (C=O) groups is 3. The topological polar surface area (TPSA) is 231 Å². The molecule has 0 aliphatic carbocycles. The van der Waals surface area contributed by atoms with Gasteiger partial charge in [-0.25, -0.2) is 9.13 Å². The summed E-state index contributed by atoms with van der Waals surface area (Å²) in [6.45, 7) is 2.34. The lowest BCUT2D eigenvalue weighted by atomic mass is 10.1. The van der Waals surface area contributed by atoms with Crippen LogP contribution in [0.3, 0.4) is 0 Å². The number of carbonyl (C=O) groups excluding carboxylic acids is 3. The van der Waals surface area contributed by atoms with Crippen LogP contribution in [0.5, 0.6) is 0 Å². The molecule has 0 bridgehead atoms. The van der Waals surface area contributed by atoms with Gasteiger partial charge in [0.25, 0.3) is 0 Å². The number of hydrogen-bond acceptors (Lipinski definition) is 14. The van der Waals surface area contributed by atoms with Crippen molar-refractivity contribution in [3.63, 3.8) is 0 Å².